The summed E-state index contributed by atoms with van der Waals surface area (Å²) in [6.45, 7) is 1.36. The number of nitrogens with zero attached hydrogens (tertiary/aromatic N) is 2. The minimum absolute atomic E-state index is 0.0315. The van der Waals surface area contributed by atoms with Crippen LogP contribution in [-0.2, 0) is 4.79 Å². The van der Waals surface area contributed by atoms with Gasteiger partial charge in [-0.25, -0.2) is 4.98 Å². The molecule has 0 fully saturated rings. The molecule has 2 atom stereocenters. The molecule has 0 aliphatic heterocycles. The third kappa shape index (κ3) is 3.38. The van der Waals surface area contributed by atoms with Crippen molar-refractivity contribution in [2.45, 2.75) is 19.1 Å². The molecule has 2 aromatic heterocycles. The van der Waals surface area contributed by atoms with Crippen molar-refractivity contribution in [3.05, 3.63) is 34.1 Å². The maximum absolute atomic E-state index is 10.9. The van der Waals surface area contributed by atoms with Crippen molar-refractivity contribution in [2.24, 2.45) is 0 Å². The Morgan fingerprint density at radius 1 is 1.57 bits per heavy atom. The molecule has 21 heavy (non-hydrogen) atoms. The summed E-state index contributed by atoms with van der Waals surface area (Å²) in [5.74, 6) is 0.0315. The van der Waals surface area contributed by atoms with E-state index in [0.29, 0.717) is 5.65 Å². The van der Waals surface area contributed by atoms with Crippen LogP contribution in [0.2, 0.25) is 0 Å². The highest BCUT2D eigenvalue weighted by molar-refractivity contribution is 8.13. The smallest absolute Gasteiger partial charge is 0.296 e. The van der Waals surface area contributed by atoms with Gasteiger partial charge in [0.05, 0.1) is 22.6 Å². The summed E-state index contributed by atoms with van der Waals surface area (Å²) in [6, 6.07) is 1.41. The van der Waals surface area contributed by atoms with Crippen LogP contribution in [0.25, 0.3) is 11.0 Å². The standard InChI is InChI=1S/C12H13N3O5S/c1-6(16)21-5-10(17)11(18)7-2-8-9(15(19)20)4-14-12(8)13-3-7/h2-4,10-11,17-18H,5H2,1H3,(H,13,14). The minimum atomic E-state index is -1.27. The molecule has 0 saturated carbocycles. The van der Waals surface area contributed by atoms with Crippen LogP contribution in [-0.4, -0.2) is 42.1 Å². The lowest BCUT2D eigenvalue weighted by atomic mass is 10.1. The van der Waals surface area contributed by atoms with E-state index >= 15 is 0 Å². The molecule has 3 N–H and O–H groups in total. The van der Waals surface area contributed by atoms with E-state index in [-0.39, 0.29) is 27.5 Å². The van der Waals surface area contributed by atoms with Crippen LogP contribution >= 0.6 is 11.8 Å². The number of carbonyl (C=O) groups is 1. The lowest BCUT2D eigenvalue weighted by Gasteiger charge is -2.16. The van der Waals surface area contributed by atoms with Crippen LogP contribution in [0.15, 0.2) is 18.5 Å². The third-order valence-electron chi connectivity index (χ3n) is 2.89. The van der Waals surface area contributed by atoms with Gasteiger partial charge in [0, 0.05) is 24.4 Å². The van der Waals surface area contributed by atoms with E-state index < -0.39 is 17.1 Å². The zero-order chi connectivity index (χ0) is 15.6. The summed E-state index contributed by atoms with van der Waals surface area (Å²) in [5, 5.41) is 30.8. The first-order chi connectivity index (χ1) is 9.90. The number of nitro groups is 1. The molecule has 0 aliphatic carbocycles. The number of hydrogen-bond donors (Lipinski definition) is 3. The second-order valence-electron chi connectivity index (χ2n) is 4.41. The van der Waals surface area contributed by atoms with Gasteiger partial charge in [-0.2, -0.15) is 0 Å². The Bertz CT molecular complexity index is 687. The Balaban J connectivity index is 2.26. The second-order valence-corrected chi connectivity index (χ2v) is 5.61. The summed E-state index contributed by atoms with van der Waals surface area (Å²) in [4.78, 5) is 27.8. The van der Waals surface area contributed by atoms with Crippen LogP contribution in [0.1, 0.15) is 18.6 Å². The molecule has 2 aromatic rings. The number of aliphatic hydroxyl groups excluding tert-OH is 2. The van der Waals surface area contributed by atoms with Gasteiger partial charge in [0.2, 0.25) is 0 Å². The molecule has 0 spiro atoms. The predicted octanol–water partition coefficient (Wildman–Crippen LogP) is 1.15. The first-order valence-electron chi connectivity index (χ1n) is 6.01. The van der Waals surface area contributed by atoms with Crippen molar-refractivity contribution in [1.29, 1.82) is 0 Å². The fourth-order valence-corrected chi connectivity index (χ4v) is 2.42. The number of pyridine rings is 1. The van der Waals surface area contributed by atoms with Crippen molar-refractivity contribution in [3.8, 4) is 0 Å². The van der Waals surface area contributed by atoms with Gasteiger partial charge in [-0.1, -0.05) is 11.8 Å². The maximum Gasteiger partial charge on any atom is 0.296 e. The number of aromatic nitrogens is 2. The molecule has 8 nitrogen and oxygen atoms in total. The van der Waals surface area contributed by atoms with Crippen LogP contribution < -0.4 is 0 Å². The number of nitrogens with one attached hydrogen (secondary N) is 1. The highest BCUT2D eigenvalue weighted by Gasteiger charge is 2.22. The fourth-order valence-electron chi connectivity index (χ4n) is 1.83. The zero-order valence-corrected chi connectivity index (χ0v) is 11.8. The summed E-state index contributed by atoms with van der Waals surface area (Å²) in [7, 11) is 0. The maximum atomic E-state index is 10.9. The molecule has 0 amide bonds. The van der Waals surface area contributed by atoms with Crippen molar-refractivity contribution in [1.82, 2.24) is 9.97 Å². The Morgan fingerprint density at radius 3 is 2.90 bits per heavy atom. The quantitative estimate of drug-likeness (QED) is 0.557. The highest BCUT2D eigenvalue weighted by Crippen LogP contribution is 2.28. The average Bonchev–Trinajstić information content (AvgIpc) is 2.86. The molecule has 0 bridgehead atoms. The lowest BCUT2D eigenvalue weighted by molar-refractivity contribution is -0.383. The molecule has 2 heterocycles. The zero-order valence-electron chi connectivity index (χ0n) is 11.0. The SMILES string of the molecule is CC(=O)SCC(O)C(O)c1cnc2[nH]cc([N+](=O)[O-])c2c1. The first kappa shape index (κ1) is 15.4. The molecule has 0 radical (unpaired) electrons. The highest BCUT2D eigenvalue weighted by atomic mass is 32.2. The molecular weight excluding hydrogens is 298 g/mol. The van der Waals surface area contributed by atoms with E-state index in [1.54, 1.807) is 0 Å². The van der Waals surface area contributed by atoms with Crippen LogP contribution in [0.4, 0.5) is 5.69 Å². The fraction of sp³-hybridized carbons (Fsp3) is 0.333. The Morgan fingerprint density at radius 2 is 2.29 bits per heavy atom. The lowest BCUT2D eigenvalue weighted by Crippen LogP contribution is -2.21. The number of H-pyrrole nitrogens is 1. The summed E-state index contributed by atoms with van der Waals surface area (Å²) in [5.41, 5.74) is 0.422. The predicted molar refractivity (Wildman–Crippen MR) is 76.9 cm³/mol. The van der Waals surface area contributed by atoms with Crippen LogP contribution in [0.5, 0.6) is 0 Å². The topological polar surface area (TPSA) is 129 Å². The number of aromatic amines is 1. The van der Waals surface area contributed by atoms with E-state index in [0.717, 1.165) is 11.8 Å². The van der Waals surface area contributed by atoms with Gasteiger partial charge in [0.25, 0.3) is 5.69 Å². The van der Waals surface area contributed by atoms with Gasteiger partial charge in [-0.05, 0) is 6.07 Å². The summed E-state index contributed by atoms with van der Waals surface area (Å²) in [6.07, 6.45) is 0.101. The summed E-state index contributed by atoms with van der Waals surface area (Å²) < 4.78 is 0. The molecule has 0 saturated heterocycles. The molecule has 0 aliphatic rings. The number of rotatable bonds is 5. The van der Waals surface area contributed by atoms with E-state index in [2.05, 4.69) is 9.97 Å². The molecule has 9 heteroatoms. The normalized spacial score (nSPS) is 14.0. The second kappa shape index (κ2) is 6.20. The van der Waals surface area contributed by atoms with Crippen LogP contribution in [0.3, 0.4) is 0 Å². The van der Waals surface area contributed by atoms with Gasteiger partial charge >= 0.3 is 0 Å². The summed E-state index contributed by atoms with van der Waals surface area (Å²) >= 11 is 0.892. The molecular formula is C12H13N3O5S. The van der Waals surface area contributed by atoms with Gasteiger partial charge in [-0.3, -0.25) is 14.9 Å². The monoisotopic (exact) mass is 311 g/mol. The van der Waals surface area contributed by atoms with Crippen molar-refractivity contribution >= 4 is 33.6 Å². The number of hydrogen-bond acceptors (Lipinski definition) is 7. The number of aliphatic hydroxyl groups is 2. The van der Waals surface area contributed by atoms with Gasteiger partial charge in [0.1, 0.15) is 11.8 Å². The molecule has 2 unspecified atom stereocenters. The van der Waals surface area contributed by atoms with Crippen LogP contribution in [0, 0.1) is 10.1 Å². The largest absolute Gasteiger partial charge is 0.389 e. The van der Waals surface area contributed by atoms with Crippen molar-refractivity contribution < 1.29 is 19.9 Å². The number of carbonyl (C=O) groups excluding carboxylic acids is 1. The van der Waals surface area contributed by atoms with E-state index in [4.69, 9.17) is 0 Å². The third-order valence-corrected chi connectivity index (χ3v) is 3.81. The Labute approximate surface area is 123 Å². The Kier molecular flexibility index (Phi) is 4.56. The number of fused-ring (bicyclic) bond motifs is 1. The first-order valence-corrected chi connectivity index (χ1v) is 6.99. The van der Waals surface area contributed by atoms with E-state index in [1.807, 2.05) is 0 Å². The Hall–Kier alpha value is -1.97. The van der Waals surface area contributed by atoms with Crippen molar-refractivity contribution in [2.75, 3.05) is 5.75 Å². The molecule has 112 valence electrons. The molecule has 0 aromatic carbocycles. The molecule has 2 rings (SSSR count). The van der Waals surface area contributed by atoms with Gasteiger partial charge in [0.15, 0.2) is 5.12 Å². The van der Waals surface area contributed by atoms with Gasteiger partial charge in [-0.15, -0.1) is 0 Å². The minimum Gasteiger partial charge on any atom is -0.389 e. The number of thioether (sulfide) groups is 1. The average molecular weight is 311 g/mol. The van der Waals surface area contributed by atoms with Crippen molar-refractivity contribution in [3.63, 3.8) is 0 Å². The van der Waals surface area contributed by atoms with Gasteiger partial charge < -0.3 is 15.2 Å². The van der Waals surface area contributed by atoms with E-state index in [1.165, 1.54) is 25.4 Å². The van der Waals surface area contributed by atoms with E-state index in [9.17, 15) is 25.1 Å².